The fourth-order valence-corrected chi connectivity index (χ4v) is 3.73. The van der Waals surface area contributed by atoms with Crippen molar-refractivity contribution in [1.82, 2.24) is 0 Å². The Labute approximate surface area is 189 Å². The molecular weight excluding hydrogens is 384 g/mol. The Hall–Kier alpha value is -2.36. The minimum absolute atomic E-state index is 0.190. The molecule has 0 aliphatic heterocycles. The maximum absolute atomic E-state index is 5.75. The summed E-state index contributed by atoms with van der Waals surface area (Å²) in [6.45, 7) is 13.7. The molecule has 0 fully saturated rings. The summed E-state index contributed by atoms with van der Waals surface area (Å²) in [6.07, 6.45) is 4.59. The second-order valence-electron chi connectivity index (χ2n) is 9.21. The quantitative estimate of drug-likeness (QED) is 0.306. The lowest BCUT2D eigenvalue weighted by Crippen LogP contribution is -2.20. The van der Waals surface area contributed by atoms with Crippen molar-refractivity contribution in [3.63, 3.8) is 0 Å². The van der Waals surface area contributed by atoms with Crippen LogP contribution in [-0.2, 0) is 0 Å². The highest BCUT2D eigenvalue weighted by molar-refractivity contribution is 5.48. The number of hydrogen-bond donors (Lipinski definition) is 2. The molecule has 2 aromatic carbocycles. The van der Waals surface area contributed by atoms with Gasteiger partial charge in [-0.2, -0.15) is 0 Å². The minimum Gasteiger partial charge on any atom is -0.458 e. The van der Waals surface area contributed by atoms with Crippen LogP contribution in [0.25, 0.3) is 0 Å². The van der Waals surface area contributed by atoms with Crippen molar-refractivity contribution in [2.45, 2.75) is 79.3 Å². The van der Waals surface area contributed by atoms with Crippen LogP contribution in [0.3, 0.4) is 0 Å². The molecule has 0 bridgehead atoms. The summed E-state index contributed by atoms with van der Waals surface area (Å²) < 4.78 is 11.5. The number of benzene rings is 2. The van der Waals surface area contributed by atoms with Gasteiger partial charge in [0.25, 0.3) is 0 Å². The van der Waals surface area contributed by atoms with Gasteiger partial charge in [0.2, 0.25) is 6.79 Å². The monoisotopic (exact) mass is 426 g/mol. The summed E-state index contributed by atoms with van der Waals surface area (Å²) in [5, 5.41) is 7.22. The highest BCUT2D eigenvalue weighted by atomic mass is 16.7. The molecule has 31 heavy (non-hydrogen) atoms. The van der Waals surface area contributed by atoms with Gasteiger partial charge in [0.1, 0.15) is 11.5 Å². The van der Waals surface area contributed by atoms with E-state index in [1.807, 2.05) is 24.3 Å². The van der Waals surface area contributed by atoms with E-state index >= 15 is 0 Å². The van der Waals surface area contributed by atoms with Gasteiger partial charge in [-0.1, -0.05) is 41.5 Å². The van der Waals surface area contributed by atoms with Crippen LogP contribution in [0.4, 0.5) is 11.4 Å². The third kappa shape index (κ3) is 9.54. The molecule has 0 amide bonds. The molecule has 0 aliphatic rings. The SMILES string of the molecule is CCC(CC(C)C)Nc1ccc(OCOc2ccc(NC(CC)CC(C)C)cc2)cc1. The molecule has 2 rings (SSSR count). The molecule has 0 radical (unpaired) electrons. The first-order valence-electron chi connectivity index (χ1n) is 11.9. The van der Waals surface area contributed by atoms with Crippen molar-refractivity contribution >= 4 is 11.4 Å². The zero-order valence-corrected chi connectivity index (χ0v) is 20.3. The van der Waals surface area contributed by atoms with Crippen LogP contribution in [0.5, 0.6) is 11.5 Å². The Morgan fingerprint density at radius 1 is 0.613 bits per heavy atom. The molecule has 172 valence electrons. The molecule has 2 N–H and O–H groups in total. The average molecular weight is 427 g/mol. The van der Waals surface area contributed by atoms with Gasteiger partial charge in [-0.25, -0.2) is 0 Å². The summed E-state index contributed by atoms with van der Waals surface area (Å²) in [5.74, 6) is 2.99. The molecule has 0 spiro atoms. The average Bonchev–Trinajstić information content (AvgIpc) is 2.74. The third-order valence-electron chi connectivity index (χ3n) is 5.40. The molecule has 2 atom stereocenters. The van der Waals surface area contributed by atoms with Gasteiger partial charge in [0, 0.05) is 23.5 Å². The normalized spacial score (nSPS) is 13.2. The minimum atomic E-state index is 0.190. The smallest absolute Gasteiger partial charge is 0.230 e. The van der Waals surface area contributed by atoms with Crippen LogP contribution in [0.1, 0.15) is 67.2 Å². The first-order chi connectivity index (χ1) is 14.9. The van der Waals surface area contributed by atoms with Gasteiger partial charge in [0.15, 0.2) is 0 Å². The number of ether oxygens (including phenoxy) is 2. The van der Waals surface area contributed by atoms with E-state index in [4.69, 9.17) is 9.47 Å². The van der Waals surface area contributed by atoms with Crippen LogP contribution in [0.2, 0.25) is 0 Å². The van der Waals surface area contributed by atoms with Crippen molar-refractivity contribution in [3.05, 3.63) is 48.5 Å². The van der Waals surface area contributed by atoms with Crippen molar-refractivity contribution in [2.24, 2.45) is 11.8 Å². The summed E-state index contributed by atoms with van der Waals surface area (Å²) in [6, 6.07) is 17.2. The molecule has 4 nitrogen and oxygen atoms in total. The van der Waals surface area contributed by atoms with Crippen molar-refractivity contribution in [2.75, 3.05) is 17.4 Å². The lowest BCUT2D eigenvalue weighted by atomic mass is 10.0. The molecular formula is C27H42N2O2. The van der Waals surface area contributed by atoms with Crippen LogP contribution in [0, 0.1) is 11.8 Å². The Kier molecular flexibility index (Phi) is 10.6. The number of anilines is 2. The molecule has 2 aromatic rings. The van der Waals surface area contributed by atoms with Crippen molar-refractivity contribution in [1.29, 1.82) is 0 Å². The van der Waals surface area contributed by atoms with Crippen molar-refractivity contribution < 1.29 is 9.47 Å². The topological polar surface area (TPSA) is 42.5 Å². The maximum atomic E-state index is 5.75. The molecule has 4 heteroatoms. The fourth-order valence-electron chi connectivity index (χ4n) is 3.73. The largest absolute Gasteiger partial charge is 0.458 e. The van der Waals surface area contributed by atoms with E-state index in [1.165, 1.54) is 12.8 Å². The first-order valence-corrected chi connectivity index (χ1v) is 11.9. The highest BCUT2D eigenvalue weighted by Gasteiger charge is 2.09. The van der Waals surface area contributed by atoms with Gasteiger partial charge in [0.05, 0.1) is 0 Å². The van der Waals surface area contributed by atoms with E-state index in [-0.39, 0.29) is 6.79 Å². The second-order valence-corrected chi connectivity index (χ2v) is 9.21. The van der Waals surface area contributed by atoms with E-state index in [0.29, 0.717) is 23.9 Å². The van der Waals surface area contributed by atoms with Gasteiger partial charge < -0.3 is 20.1 Å². The van der Waals surface area contributed by atoms with Crippen LogP contribution in [-0.4, -0.2) is 18.9 Å². The van der Waals surface area contributed by atoms with Gasteiger partial charge in [-0.15, -0.1) is 0 Å². The molecule has 0 saturated heterocycles. The summed E-state index contributed by atoms with van der Waals surface area (Å²) in [7, 11) is 0. The van der Waals surface area contributed by atoms with Crippen LogP contribution >= 0.6 is 0 Å². The standard InChI is InChI=1S/C27H42N2O2/c1-7-22(17-20(3)4)28-24-9-13-26(14-10-24)30-19-31-27-15-11-25(12-16-27)29-23(8-2)18-21(5)6/h9-16,20-23,28-29H,7-8,17-19H2,1-6H3. The Morgan fingerprint density at radius 2 is 0.968 bits per heavy atom. The summed E-state index contributed by atoms with van der Waals surface area (Å²) >= 11 is 0. The second kappa shape index (κ2) is 13.1. The van der Waals surface area contributed by atoms with E-state index in [0.717, 1.165) is 35.7 Å². The molecule has 0 saturated carbocycles. The predicted octanol–water partition coefficient (Wildman–Crippen LogP) is 7.58. The van der Waals surface area contributed by atoms with Crippen LogP contribution in [0.15, 0.2) is 48.5 Å². The summed E-state index contributed by atoms with van der Waals surface area (Å²) in [5.41, 5.74) is 2.26. The van der Waals surface area contributed by atoms with E-state index < -0.39 is 0 Å². The van der Waals surface area contributed by atoms with Crippen molar-refractivity contribution in [3.8, 4) is 11.5 Å². The van der Waals surface area contributed by atoms with Crippen LogP contribution < -0.4 is 20.1 Å². The highest BCUT2D eigenvalue weighted by Crippen LogP contribution is 2.21. The van der Waals surface area contributed by atoms with Gasteiger partial charge in [-0.05, 0) is 86.1 Å². The molecule has 0 aliphatic carbocycles. The van der Waals surface area contributed by atoms with E-state index in [1.54, 1.807) is 0 Å². The number of nitrogens with one attached hydrogen (secondary N) is 2. The van der Waals surface area contributed by atoms with E-state index in [9.17, 15) is 0 Å². The molecule has 0 heterocycles. The summed E-state index contributed by atoms with van der Waals surface area (Å²) in [4.78, 5) is 0. The first kappa shape index (κ1) is 24.9. The zero-order chi connectivity index (χ0) is 22.6. The van der Waals surface area contributed by atoms with Gasteiger partial charge in [-0.3, -0.25) is 0 Å². The van der Waals surface area contributed by atoms with E-state index in [2.05, 4.69) is 76.4 Å². The maximum Gasteiger partial charge on any atom is 0.230 e. The predicted molar refractivity (Wildman–Crippen MR) is 133 cm³/mol. The number of hydrogen-bond acceptors (Lipinski definition) is 4. The molecule has 0 aromatic heterocycles. The van der Waals surface area contributed by atoms with Gasteiger partial charge >= 0.3 is 0 Å². The Balaban J connectivity index is 1.77. The third-order valence-corrected chi connectivity index (χ3v) is 5.40. The lowest BCUT2D eigenvalue weighted by molar-refractivity contribution is 0.120. The zero-order valence-electron chi connectivity index (χ0n) is 20.3. The fraction of sp³-hybridized carbons (Fsp3) is 0.556. The number of rotatable bonds is 14. The lowest BCUT2D eigenvalue weighted by Gasteiger charge is -2.20. The Morgan fingerprint density at radius 3 is 1.26 bits per heavy atom. The Bertz CT molecular complexity index is 662. The molecule has 2 unspecified atom stereocenters.